The summed E-state index contributed by atoms with van der Waals surface area (Å²) in [7, 11) is 0. The fourth-order valence-electron chi connectivity index (χ4n) is 2.56. The maximum absolute atomic E-state index is 12.3. The lowest BCUT2D eigenvalue weighted by Crippen LogP contribution is -2.23. The molecule has 1 amide bonds. The third-order valence-corrected chi connectivity index (χ3v) is 4.08. The van der Waals surface area contributed by atoms with E-state index >= 15 is 0 Å². The Morgan fingerprint density at radius 1 is 1.07 bits per heavy atom. The fourth-order valence-corrected chi connectivity index (χ4v) is 2.56. The van der Waals surface area contributed by atoms with E-state index < -0.39 is 0 Å². The molecule has 0 radical (unpaired) electrons. The summed E-state index contributed by atoms with van der Waals surface area (Å²) in [6.45, 7) is 2.99. The van der Waals surface area contributed by atoms with Gasteiger partial charge in [-0.15, -0.1) is 0 Å². The average Bonchev–Trinajstić information content (AvgIpc) is 2.78. The maximum Gasteiger partial charge on any atom is 0.251 e. The molecule has 146 valence electrons. The zero-order valence-corrected chi connectivity index (χ0v) is 16.1. The van der Waals surface area contributed by atoms with Crippen LogP contribution >= 0.6 is 0 Å². The van der Waals surface area contributed by atoms with Crippen LogP contribution in [-0.2, 0) is 6.54 Å². The summed E-state index contributed by atoms with van der Waals surface area (Å²) in [6.07, 6.45) is 2.59. The van der Waals surface area contributed by atoms with Gasteiger partial charge in [-0.25, -0.2) is 4.98 Å². The average molecular weight is 387 g/mol. The monoisotopic (exact) mass is 387 g/mol. The topological polar surface area (TPSA) is 84.2 Å². The van der Waals surface area contributed by atoms with Crippen molar-refractivity contribution in [3.63, 3.8) is 0 Å². The number of carbonyl (C=O) groups excluding carboxylic acids is 1. The van der Waals surface area contributed by atoms with Crippen molar-refractivity contribution in [2.24, 2.45) is 0 Å². The highest BCUT2D eigenvalue weighted by Gasteiger charge is 2.10. The molecule has 6 nitrogen and oxygen atoms in total. The second-order valence-electron chi connectivity index (χ2n) is 6.26. The molecule has 3 aromatic rings. The number of nitriles is 1. The van der Waals surface area contributed by atoms with Crippen LogP contribution in [0.5, 0.6) is 17.4 Å². The number of pyridine rings is 1. The first-order chi connectivity index (χ1) is 14.2. The number of rotatable bonds is 8. The molecule has 2 aromatic carbocycles. The molecule has 6 heteroatoms. The van der Waals surface area contributed by atoms with Crippen LogP contribution in [0.25, 0.3) is 0 Å². The first-order valence-corrected chi connectivity index (χ1v) is 9.32. The normalized spacial score (nSPS) is 10.1. The Morgan fingerprint density at radius 2 is 1.79 bits per heavy atom. The van der Waals surface area contributed by atoms with E-state index in [9.17, 15) is 4.79 Å². The van der Waals surface area contributed by atoms with Crippen molar-refractivity contribution in [1.82, 2.24) is 10.3 Å². The Morgan fingerprint density at radius 3 is 2.48 bits per heavy atom. The molecule has 0 atom stereocenters. The van der Waals surface area contributed by atoms with Crippen LogP contribution in [0.4, 0.5) is 0 Å². The van der Waals surface area contributed by atoms with Gasteiger partial charge in [-0.2, -0.15) is 5.26 Å². The minimum absolute atomic E-state index is 0.235. The predicted molar refractivity (Wildman–Crippen MR) is 109 cm³/mol. The summed E-state index contributed by atoms with van der Waals surface area (Å²) < 4.78 is 11.5. The first kappa shape index (κ1) is 19.9. The smallest absolute Gasteiger partial charge is 0.251 e. The number of hydrogen-bond donors (Lipinski definition) is 1. The SMILES string of the molecule is CCCOc1ccc(Oc2ncccc2CNC(=O)c2ccc(C#N)cc2)cc1. The van der Waals surface area contributed by atoms with Gasteiger partial charge in [-0.3, -0.25) is 4.79 Å². The summed E-state index contributed by atoms with van der Waals surface area (Å²) >= 11 is 0. The highest BCUT2D eigenvalue weighted by Crippen LogP contribution is 2.25. The fraction of sp³-hybridized carbons (Fsp3) is 0.174. The van der Waals surface area contributed by atoms with Crippen LogP contribution in [0.15, 0.2) is 66.9 Å². The molecule has 3 rings (SSSR count). The Balaban J connectivity index is 1.64. The van der Waals surface area contributed by atoms with Crippen LogP contribution in [0.3, 0.4) is 0 Å². The minimum Gasteiger partial charge on any atom is -0.494 e. The first-order valence-electron chi connectivity index (χ1n) is 9.32. The van der Waals surface area contributed by atoms with Gasteiger partial charge >= 0.3 is 0 Å². The van der Waals surface area contributed by atoms with Crippen molar-refractivity contribution < 1.29 is 14.3 Å². The van der Waals surface area contributed by atoms with Crippen molar-refractivity contribution in [2.45, 2.75) is 19.9 Å². The maximum atomic E-state index is 12.3. The lowest BCUT2D eigenvalue weighted by atomic mass is 10.1. The van der Waals surface area contributed by atoms with Crippen LogP contribution < -0.4 is 14.8 Å². The van der Waals surface area contributed by atoms with Gasteiger partial charge in [0, 0.05) is 23.9 Å². The van der Waals surface area contributed by atoms with Crippen LogP contribution in [0.1, 0.15) is 34.8 Å². The number of amides is 1. The summed E-state index contributed by atoms with van der Waals surface area (Å²) in [5.41, 5.74) is 1.74. The van der Waals surface area contributed by atoms with E-state index in [0.717, 1.165) is 17.7 Å². The summed E-state index contributed by atoms with van der Waals surface area (Å²) in [5.74, 6) is 1.61. The molecule has 0 spiro atoms. The largest absolute Gasteiger partial charge is 0.494 e. The number of aromatic nitrogens is 1. The Kier molecular flexibility index (Phi) is 6.80. The standard InChI is InChI=1S/C23H21N3O3/c1-2-14-28-20-9-11-21(12-10-20)29-23-19(4-3-13-25-23)16-26-22(27)18-7-5-17(15-24)6-8-18/h3-13H,2,14,16H2,1H3,(H,26,27). The minimum atomic E-state index is -0.235. The van der Waals surface area contributed by atoms with Gasteiger partial charge in [-0.1, -0.05) is 13.0 Å². The quantitative estimate of drug-likeness (QED) is 0.617. The number of ether oxygens (including phenoxy) is 2. The number of hydrogen-bond acceptors (Lipinski definition) is 5. The number of carbonyl (C=O) groups is 1. The van der Waals surface area contributed by atoms with E-state index in [0.29, 0.717) is 29.4 Å². The van der Waals surface area contributed by atoms with Crippen molar-refractivity contribution in [2.75, 3.05) is 6.61 Å². The third-order valence-electron chi connectivity index (χ3n) is 4.08. The van der Waals surface area contributed by atoms with Gasteiger partial charge in [0.1, 0.15) is 11.5 Å². The number of benzene rings is 2. The molecule has 0 aliphatic carbocycles. The Bertz CT molecular complexity index is 993. The molecule has 0 unspecified atom stereocenters. The van der Waals surface area contributed by atoms with Crippen LogP contribution in [0.2, 0.25) is 0 Å². The van der Waals surface area contributed by atoms with E-state index in [2.05, 4.69) is 17.2 Å². The zero-order chi connectivity index (χ0) is 20.5. The van der Waals surface area contributed by atoms with E-state index in [-0.39, 0.29) is 12.5 Å². The molecule has 1 heterocycles. The molecule has 1 aromatic heterocycles. The molecule has 0 saturated heterocycles. The molecule has 0 fully saturated rings. The van der Waals surface area contributed by atoms with Gasteiger partial charge in [0.15, 0.2) is 0 Å². The predicted octanol–water partition coefficient (Wildman–Crippen LogP) is 4.46. The van der Waals surface area contributed by atoms with Crippen molar-refractivity contribution in [1.29, 1.82) is 5.26 Å². The highest BCUT2D eigenvalue weighted by atomic mass is 16.5. The van der Waals surface area contributed by atoms with Gasteiger partial charge < -0.3 is 14.8 Å². The Labute approximate surface area is 169 Å². The van der Waals surface area contributed by atoms with Crippen molar-refractivity contribution >= 4 is 5.91 Å². The lowest BCUT2D eigenvalue weighted by Gasteiger charge is -2.11. The van der Waals surface area contributed by atoms with Gasteiger partial charge in [-0.05, 0) is 61.0 Å². The van der Waals surface area contributed by atoms with Crippen molar-refractivity contribution in [3.8, 4) is 23.4 Å². The van der Waals surface area contributed by atoms with Crippen molar-refractivity contribution in [3.05, 3.63) is 83.6 Å². The van der Waals surface area contributed by atoms with Crippen LogP contribution in [0, 0.1) is 11.3 Å². The van der Waals surface area contributed by atoms with Gasteiger partial charge in [0.2, 0.25) is 5.88 Å². The second kappa shape index (κ2) is 9.90. The van der Waals surface area contributed by atoms with E-state index in [4.69, 9.17) is 14.7 Å². The van der Waals surface area contributed by atoms with Gasteiger partial charge in [0.25, 0.3) is 5.91 Å². The second-order valence-corrected chi connectivity index (χ2v) is 6.26. The molecule has 1 N–H and O–H groups in total. The Hall–Kier alpha value is -3.85. The zero-order valence-electron chi connectivity index (χ0n) is 16.1. The molecule has 0 aliphatic rings. The molecule has 0 aliphatic heterocycles. The van der Waals surface area contributed by atoms with E-state index in [1.807, 2.05) is 36.4 Å². The number of nitrogens with one attached hydrogen (secondary N) is 1. The molecule has 0 saturated carbocycles. The van der Waals surface area contributed by atoms with E-state index in [1.165, 1.54) is 0 Å². The molecule has 29 heavy (non-hydrogen) atoms. The summed E-state index contributed by atoms with van der Waals surface area (Å²) in [6, 6.07) is 19.5. The molecule has 0 bridgehead atoms. The highest BCUT2D eigenvalue weighted by molar-refractivity contribution is 5.94. The van der Waals surface area contributed by atoms with Crippen LogP contribution in [-0.4, -0.2) is 17.5 Å². The number of nitrogens with zero attached hydrogens (tertiary/aromatic N) is 2. The summed E-state index contributed by atoms with van der Waals surface area (Å²) in [5, 5.41) is 11.7. The van der Waals surface area contributed by atoms with Gasteiger partial charge in [0.05, 0.1) is 18.2 Å². The third kappa shape index (κ3) is 5.56. The lowest BCUT2D eigenvalue weighted by molar-refractivity contribution is 0.0950. The molecular weight excluding hydrogens is 366 g/mol. The van der Waals surface area contributed by atoms with E-state index in [1.54, 1.807) is 36.5 Å². The molecular formula is C23H21N3O3. The summed E-state index contributed by atoms with van der Waals surface area (Å²) in [4.78, 5) is 16.6.